The SMILES string of the molecule is O=C(CC1(C(=O)O)CCC1)N1CCOC(CCc2ccccc2)C1. The summed E-state index contributed by atoms with van der Waals surface area (Å²) in [5.41, 5.74) is 0.457. The van der Waals surface area contributed by atoms with Gasteiger partial charge in [0.05, 0.1) is 18.1 Å². The van der Waals surface area contributed by atoms with Crippen molar-refractivity contribution in [2.24, 2.45) is 5.41 Å². The van der Waals surface area contributed by atoms with Gasteiger partial charge < -0.3 is 14.7 Å². The highest BCUT2D eigenvalue weighted by molar-refractivity contribution is 5.85. The average molecular weight is 331 g/mol. The van der Waals surface area contributed by atoms with Crippen LogP contribution >= 0.6 is 0 Å². The molecule has 2 aliphatic rings. The van der Waals surface area contributed by atoms with Crippen molar-refractivity contribution in [3.63, 3.8) is 0 Å². The lowest BCUT2D eigenvalue weighted by molar-refractivity contribution is -0.161. The highest BCUT2D eigenvalue weighted by Gasteiger charge is 2.46. The van der Waals surface area contributed by atoms with E-state index in [1.807, 2.05) is 18.2 Å². The van der Waals surface area contributed by atoms with E-state index >= 15 is 0 Å². The van der Waals surface area contributed by atoms with Gasteiger partial charge in [0, 0.05) is 19.5 Å². The summed E-state index contributed by atoms with van der Waals surface area (Å²) >= 11 is 0. The number of hydrogen-bond acceptors (Lipinski definition) is 3. The number of morpholine rings is 1. The Morgan fingerprint density at radius 3 is 2.62 bits per heavy atom. The van der Waals surface area contributed by atoms with E-state index in [4.69, 9.17) is 4.74 Å². The van der Waals surface area contributed by atoms with E-state index in [0.29, 0.717) is 32.5 Å². The number of amides is 1. The van der Waals surface area contributed by atoms with Crippen LogP contribution in [0, 0.1) is 5.41 Å². The van der Waals surface area contributed by atoms with Crippen LogP contribution in [-0.4, -0.2) is 47.7 Å². The van der Waals surface area contributed by atoms with Crippen LogP contribution < -0.4 is 0 Å². The molecule has 1 unspecified atom stereocenters. The number of benzene rings is 1. The maximum absolute atomic E-state index is 12.5. The van der Waals surface area contributed by atoms with Crippen molar-refractivity contribution in [1.29, 1.82) is 0 Å². The second-order valence-corrected chi connectivity index (χ2v) is 6.97. The normalized spacial score (nSPS) is 22.7. The third-order valence-electron chi connectivity index (χ3n) is 5.34. The van der Waals surface area contributed by atoms with Crippen LogP contribution in [0.2, 0.25) is 0 Å². The number of carboxylic acids is 1. The number of hydrogen-bond donors (Lipinski definition) is 1. The fourth-order valence-electron chi connectivity index (χ4n) is 3.56. The van der Waals surface area contributed by atoms with Gasteiger partial charge in [0.15, 0.2) is 0 Å². The first-order valence-corrected chi connectivity index (χ1v) is 8.76. The van der Waals surface area contributed by atoms with Crippen molar-refractivity contribution in [2.45, 2.75) is 44.6 Å². The molecule has 5 heteroatoms. The smallest absolute Gasteiger partial charge is 0.310 e. The Bertz CT molecular complexity index is 582. The van der Waals surface area contributed by atoms with E-state index in [9.17, 15) is 14.7 Å². The Labute approximate surface area is 142 Å². The molecule has 0 aromatic heterocycles. The van der Waals surface area contributed by atoms with Crippen LogP contribution in [0.15, 0.2) is 30.3 Å². The first kappa shape index (κ1) is 17.0. The number of carboxylic acid groups (broad SMARTS) is 1. The minimum atomic E-state index is -0.823. The highest BCUT2D eigenvalue weighted by atomic mass is 16.5. The van der Waals surface area contributed by atoms with Crippen LogP contribution in [-0.2, 0) is 20.7 Å². The Hall–Kier alpha value is -1.88. The molecule has 0 radical (unpaired) electrons. The molecule has 1 aliphatic carbocycles. The number of aliphatic carboxylic acids is 1. The lowest BCUT2D eigenvalue weighted by Gasteiger charge is -2.40. The van der Waals surface area contributed by atoms with Crippen LogP contribution in [0.25, 0.3) is 0 Å². The number of rotatable bonds is 6. The van der Waals surface area contributed by atoms with Crippen molar-refractivity contribution in [2.75, 3.05) is 19.7 Å². The molecule has 1 aliphatic heterocycles. The van der Waals surface area contributed by atoms with E-state index in [1.165, 1.54) is 5.56 Å². The van der Waals surface area contributed by atoms with Crippen LogP contribution in [0.5, 0.6) is 0 Å². The van der Waals surface area contributed by atoms with Gasteiger partial charge in [-0.1, -0.05) is 36.8 Å². The van der Waals surface area contributed by atoms with Gasteiger partial charge >= 0.3 is 5.97 Å². The van der Waals surface area contributed by atoms with Gasteiger partial charge in [0.2, 0.25) is 5.91 Å². The second-order valence-electron chi connectivity index (χ2n) is 6.97. The first-order chi connectivity index (χ1) is 11.6. The number of carbonyl (C=O) groups is 2. The third-order valence-corrected chi connectivity index (χ3v) is 5.34. The Balaban J connectivity index is 1.51. The van der Waals surface area contributed by atoms with Gasteiger partial charge in [-0.05, 0) is 31.2 Å². The monoisotopic (exact) mass is 331 g/mol. The molecule has 5 nitrogen and oxygen atoms in total. The van der Waals surface area contributed by atoms with E-state index in [1.54, 1.807) is 4.90 Å². The van der Waals surface area contributed by atoms with Crippen molar-refractivity contribution in [1.82, 2.24) is 4.90 Å². The van der Waals surface area contributed by atoms with E-state index in [0.717, 1.165) is 19.3 Å². The van der Waals surface area contributed by atoms with Crippen LogP contribution in [0.3, 0.4) is 0 Å². The molecule has 0 spiro atoms. The lowest BCUT2D eigenvalue weighted by Crippen LogP contribution is -2.49. The summed E-state index contributed by atoms with van der Waals surface area (Å²) in [6.45, 7) is 1.67. The highest BCUT2D eigenvalue weighted by Crippen LogP contribution is 2.44. The molecule has 2 fully saturated rings. The zero-order valence-electron chi connectivity index (χ0n) is 13.9. The largest absolute Gasteiger partial charge is 0.481 e. The van der Waals surface area contributed by atoms with Crippen molar-refractivity contribution in [3.8, 4) is 0 Å². The molecular weight excluding hydrogens is 306 g/mol. The summed E-state index contributed by atoms with van der Waals surface area (Å²) in [7, 11) is 0. The fraction of sp³-hybridized carbons (Fsp3) is 0.579. The van der Waals surface area contributed by atoms with Crippen LogP contribution in [0.4, 0.5) is 0 Å². The molecule has 1 aromatic carbocycles. The summed E-state index contributed by atoms with van der Waals surface area (Å²) in [6.07, 6.45) is 4.11. The summed E-state index contributed by atoms with van der Waals surface area (Å²) < 4.78 is 5.79. The Morgan fingerprint density at radius 1 is 1.25 bits per heavy atom. The quantitative estimate of drug-likeness (QED) is 0.870. The molecule has 3 rings (SSSR count). The zero-order chi connectivity index (χ0) is 17.0. The molecule has 1 aromatic rings. The number of nitrogens with zero attached hydrogens (tertiary/aromatic N) is 1. The standard InChI is InChI=1S/C19H25NO4/c21-17(13-19(18(22)23)9-4-10-19)20-11-12-24-16(14-20)8-7-15-5-2-1-3-6-15/h1-3,5-6,16H,4,7-14H2,(H,22,23). The molecule has 1 N–H and O–H groups in total. The van der Waals surface area contributed by atoms with Gasteiger partial charge in [0.25, 0.3) is 0 Å². The van der Waals surface area contributed by atoms with Crippen molar-refractivity contribution < 1.29 is 19.4 Å². The second kappa shape index (κ2) is 7.34. The molecule has 0 bridgehead atoms. The van der Waals surface area contributed by atoms with Gasteiger partial charge in [-0.15, -0.1) is 0 Å². The topological polar surface area (TPSA) is 66.8 Å². The summed E-state index contributed by atoms with van der Waals surface area (Å²) in [4.78, 5) is 25.8. The predicted octanol–water partition coefficient (Wildman–Crippen LogP) is 2.49. The maximum atomic E-state index is 12.5. The Morgan fingerprint density at radius 2 is 2.00 bits per heavy atom. The van der Waals surface area contributed by atoms with Crippen molar-refractivity contribution >= 4 is 11.9 Å². The maximum Gasteiger partial charge on any atom is 0.310 e. The molecule has 24 heavy (non-hydrogen) atoms. The van der Waals surface area contributed by atoms with Gasteiger partial charge in [-0.3, -0.25) is 9.59 Å². The molecular formula is C19H25NO4. The fourth-order valence-corrected chi connectivity index (χ4v) is 3.56. The van der Waals surface area contributed by atoms with Crippen LogP contribution in [0.1, 0.15) is 37.7 Å². The molecule has 1 atom stereocenters. The third kappa shape index (κ3) is 3.78. The van der Waals surface area contributed by atoms with Gasteiger partial charge in [-0.25, -0.2) is 0 Å². The zero-order valence-corrected chi connectivity index (χ0v) is 13.9. The lowest BCUT2D eigenvalue weighted by atomic mass is 9.66. The van der Waals surface area contributed by atoms with E-state index in [-0.39, 0.29) is 18.4 Å². The molecule has 1 heterocycles. The van der Waals surface area contributed by atoms with E-state index < -0.39 is 11.4 Å². The first-order valence-electron chi connectivity index (χ1n) is 8.76. The minimum absolute atomic E-state index is 0.0325. The number of ether oxygens (including phenoxy) is 1. The van der Waals surface area contributed by atoms with E-state index in [2.05, 4.69) is 12.1 Å². The molecule has 1 amide bonds. The van der Waals surface area contributed by atoms with Gasteiger partial charge in [0.1, 0.15) is 0 Å². The number of aryl methyl sites for hydroxylation is 1. The number of carbonyl (C=O) groups excluding carboxylic acids is 1. The Kier molecular flexibility index (Phi) is 5.19. The molecule has 1 saturated heterocycles. The summed E-state index contributed by atoms with van der Waals surface area (Å²) in [5, 5.41) is 9.40. The molecule has 130 valence electrons. The summed E-state index contributed by atoms with van der Waals surface area (Å²) in [5.74, 6) is -0.860. The minimum Gasteiger partial charge on any atom is -0.481 e. The predicted molar refractivity (Wildman–Crippen MR) is 89.6 cm³/mol. The summed E-state index contributed by atoms with van der Waals surface area (Å²) in [6, 6.07) is 10.2. The van der Waals surface area contributed by atoms with Crippen molar-refractivity contribution in [3.05, 3.63) is 35.9 Å². The molecule has 1 saturated carbocycles. The van der Waals surface area contributed by atoms with Gasteiger partial charge in [-0.2, -0.15) is 0 Å². The average Bonchev–Trinajstić information content (AvgIpc) is 2.57.